The van der Waals surface area contributed by atoms with E-state index < -0.39 is 56.6 Å². The number of fused-ring (bicyclic) bond motifs is 1. The van der Waals surface area contributed by atoms with Crippen LogP contribution in [0.3, 0.4) is 0 Å². The quantitative estimate of drug-likeness (QED) is 0.290. The monoisotopic (exact) mass is 585 g/mol. The Labute approximate surface area is 204 Å². The molecule has 0 spiro atoms. The molecule has 10 heteroatoms. The van der Waals surface area contributed by atoms with E-state index in [4.69, 9.17) is 23.2 Å². The molecule has 0 aliphatic carbocycles. The third-order valence-electron chi connectivity index (χ3n) is 5.30. The molecule has 0 radical (unpaired) electrons. The van der Waals surface area contributed by atoms with E-state index in [1.807, 2.05) is 4.08 Å². The van der Waals surface area contributed by atoms with E-state index in [1.54, 1.807) is 54.0 Å². The van der Waals surface area contributed by atoms with Crippen LogP contribution in [0, 0.1) is 0 Å². The molecule has 4 rings (SSSR count). The van der Waals surface area contributed by atoms with Crippen molar-refractivity contribution in [1.29, 1.82) is 0 Å². The predicted octanol–water partition coefficient (Wildman–Crippen LogP) is 3.67. The number of rotatable bonds is 4. The van der Waals surface area contributed by atoms with Gasteiger partial charge in [-0.05, 0) is 49.9 Å². The third kappa shape index (κ3) is 4.45. The molecule has 2 heterocycles. The molecule has 2 aliphatic heterocycles. The number of benzene rings is 2. The minimum absolute atomic E-state index is 0.400. The molecule has 2 aromatic rings. The van der Waals surface area contributed by atoms with Crippen molar-refractivity contribution in [3.05, 3.63) is 79.4 Å². The first-order valence-corrected chi connectivity index (χ1v) is 12.9. The fourth-order valence-corrected chi connectivity index (χ4v) is 6.20. The fraction of sp³-hybridized carbons (Fsp3) is 0.182. The Hall–Kier alpha value is -2.27. The van der Waals surface area contributed by atoms with Gasteiger partial charge in [-0.1, -0.05) is 68.2 Å². The largest absolute Gasteiger partial charge is 0.347 e. The second-order valence-corrected chi connectivity index (χ2v) is 10.3. The minimum atomic E-state index is -1.28. The summed E-state index contributed by atoms with van der Waals surface area (Å²) in [5, 5.41) is 13.4. The predicted molar refractivity (Wildman–Crippen MR) is 130 cm³/mol. The summed E-state index contributed by atoms with van der Waals surface area (Å²) in [5.41, 5.74) is 2.99. The number of hydrogen-bond donors (Lipinski definition) is 3. The van der Waals surface area contributed by atoms with E-state index in [2.05, 4.69) is 9.33 Å². The van der Waals surface area contributed by atoms with Crippen LogP contribution in [0.25, 0.3) is 0 Å². The standard InChI is InChI=1S/C22H18Cl2IN3O4/c23-14-5-1-12(2-6-14)18-20(29)26-17-9-10-25-11-16(17)22(31)28(18)19(21(30)27-32)13-3-7-15(24)8-4-13/h1-8,10-11,17-19,32H,9H2,(H,26,29)(H,27,30). The van der Waals surface area contributed by atoms with Crippen LogP contribution in [0.5, 0.6) is 0 Å². The number of nitrogens with one attached hydrogen (secondary N) is 2. The van der Waals surface area contributed by atoms with Gasteiger partial charge in [-0.25, -0.2) is 5.48 Å². The van der Waals surface area contributed by atoms with Crippen LogP contribution in [-0.4, -0.2) is 37.9 Å². The Morgan fingerprint density at radius 1 is 1.09 bits per heavy atom. The molecule has 7 nitrogen and oxygen atoms in total. The molecule has 1 fully saturated rings. The minimum Gasteiger partial charge on any atom is -0.347 e. The van der Waals surface area contributed by atoms with E-state index in [1.165, 1.54) is 4.90 Å². The van der Waals surface area contributed by atoms with Crippen molar-refractivity contribution in [1.82, 2.24) is 15.7 Å². The van der Waals surface area contributed by atoms with E-state index in [0.29, 0.717) is 33.2 Å². The van der Waals surface area contributed by atoms with Gasteiger partial charge in [-0.3, -0.25) is 19.6 Å². The van der Waals surface area contributed by atoms with Crippen LogP contribution in [0.15, 0.2) is 58.2 Å². The highest BCUT2D eigenvalue weighted by atomic mass is 127. The molecule has 3 unspecified atom stereocenters. The summed E-state index contributed by atoms with van der Waals surface area (Å²) >= 11 is 11.6. The average Bonchev–Trinajstić information content (AvgIpc) is 2.90. The highest BCUT2D eigenvalue weighted by molar-refractivity contribution is 14.2. The van der Waals surface area contributed by atoms with Crippen molar-refractivity contribution in [2.24, 2.45) is 0 Å². The molecular formula is C22H18Cl2IN3O4. The lowest BCUT2D eigenvalue weighted by molar-refractivity contribution is -0.148. The van der Waals surface area contributed by atoms with Crippen LogP contribution in [0.4, 0.5) is 0 Å². The lowest BCUT2D eigenvalue weighted by Crippen LogP contribution is -2.47. The lowest BCUT2D eigenvalue weighted by atomic mass is 9.97. The Morgan fingerprint density at radius 3 is 2.34 bits per heavy atom. The highest BCUT2D eigenvalue weighted by Crippen LogP contribution is 2.37. The summed E-state index contributed by atoms with van der Waals surface area (Å²) in [6, 6.07) is 9.99. The molecule has 166 valence electrons. The molecule has 1 saturated heterocycles. The number of amides is 3. The zero-order chi connectivity index (χ0) is 22.8. The first-order valence-electron chi connectivity index (χ1n) is 9.62. The highest BCUT2D eigenvalue weighted by Gasteiger charge is 2.46. The molecule has 0 saturated carbocycles. The first-order chi connectivity index (χ1) is 15.4. The third-order valence-corrected chi connectivity index (χ3v) is 7.85. The topological polar surface area (TPSA) is 98.7 Å². The SMILES string of the molecule is O=C(NO)C(c1ccc(Cl)cc1)N1C(=O)C2=CI=CCC2NC(=O)C1c1ccc(Cl)cc1. The first kappa shape index (κ1) is 22.9. The fourth-order valence-electron chi connectivity index (χ4n) is 3.80. The van der Waals surface area contributed by atoms with E-state index in [9.17, 15) is 19.6 Å². The van der Waals surface area contributed by atoms with Crippen molar-refractivity contribution in [2.75, 3.05) is 0 Å². The summed E-state index contributed by atoms with van der Waals surface area (Å²) in [6.45, 7) is 0. The molecule has 0 bridgehead atoms. The molecule has 2 aromatic carbocycles. The van der Waals surface area contributed by atoms with Crippen LogP contribution < -0.4 is 10.8 Å². The molecule has 3 amide bonds. The van der Waals surface area contributed by atoms with E-state index in [-0.39, 0.29) is 0 Å². The van der Waals surface area contributed by atoms with Gasteiger partial charge in [0.05, 0.1) is 6.04 Å². The second-order valence-electron chi connectivity index (χ2n) is 7.24. The van der Waals surface area contributed by atoms with Gasteiger partial charge in [0.2, 0.25) is 5.91 Å². The molecule has 3 N–H and O–H groups in total. The Kier molecular flexibility index (Phi) is 6.94. The zero-order valence-corrected chi connectivity index (χ0v) is 20.1. The van der Waals surface area contributed by atoms with Gasteiger partial charge in [0.15, 0.2) is 0 Å². The zero-order valence-electron chi connectivity index (χ0n) is 16.5. The van der Waals surface area contributed by atoms with E-state index in [0.717, 1.165) is 0 Å². The van der Waals surface area contributed by atoms with Gasteiger partial charge in [-0.2, -0.15) is 0 Å². The molecule has 3 atom stereocenters. The maximum absolute atomic E-state index is 13.8. The number of hydrogen-bond acceptors (Lipinski definition) is 4. The number of carbonyl (C=O) groups excluding carboxylic acids is 3. The smallest absolute Gasteiger partial charge is 0.270 e. The lowest BCUT2D eigenvalue weighted by Gasteiger charge is -2.35. The molecule has 2 aliphatic rings. The maximum Gasteiger partial charge on any atom is 0.270 e. The normalized spacial score (nSPS) is 21.5. The molecular weight excluding hydrogens is 568 g/mol. The number of nitrogens with zero attached hydrogens (tertiary/aromatic N) is 1. The van der Waals surface area contributed by atoms with Crippen molar-refractivity contribution < 1.29 is 19.6 Å². The molecule has 32 heavy (non-hydrogen) atoms. The Bertz CT molecular complexity index is 1070. The Morgan fingerprint density at radius 2 is 1.72 bits per heavy atom. The van der Waals surface area contributed by atoms with Crippen molar-refractivity contribution in [3.8, 4) is 0 Å². The Balaban J connectivity index is 1.92. The number of hydroxylamine groups is 1. The summed E-state index contributed by atoms with van der Waals surface area (Å²) < 4.78 is 3.95. The van der Waals surface area contributed by atoms with Gasteiger partial charge < -0.3 is 10.2 Å². The number of carbonyl (C=O) groups is 3. The van der Waals surface area contributed by atoms with Gasteiger partial charge in [-0.15, -0.1) is 0 Å². The number of halogens is 3. The van der Waals surface area contributed by atoms with Crippen LogP contribution in [-0.2, 0) is 14.4 Å². The summed E-state index contributed by atoms with van der Waals surface area (Å²) in [5.74, 6) is -1.71. The van der Waals surface area contributed by atoms with Crippen LogP contribution in [0.2, 0.25) is 10.0 Å². The van der Waals surface area contributed by atoms with Gasteiger partial charge in [0.25, 0.3) is 11.8 Å². The van der Waals surface area contributed by atoms with Gasteiger partial charge >= 0.3 is 0 Å². The average molecular weight is 586 g/mol. The van der Waals surface area contributed by atoms with Crippen molar-refractivity contribution in [3.63, 3.8) is 0 Å². The van der Waals surface area contributed by atoms with Gasteiger partial charge in [0, 0.05) is 15.6 Å². The van der Waals surface area contributed by atoms with Crippen molar-refractivity contribution in [2.45, 2.75) is 24.5 Å². The molecule has 0 aromatic heterocycles. The van der Waals surface area contributed by atoms with Crippen LogP contribution >= 0.6 is 43.9 Å². The summed E-state index contributed by atoms with van der Waals surface area (Å²) in [6.07, 6.45) is 0.551. The summed E-state index contributed by atoms with van der Waals surface area (Å²) in [7, 11) is 0. The second kappa shape index (κ2) is 9.70. The van der Waals surface area contributed by atoms with E-state index >= 15 is 0 Å². The van der Waals surface area contributed by atoms with Crippen LogP contribution in [0.1, 0.15) is 29.6 Å². The van der Waals surface area contributed by atoms with Gasteiger partial charge in [0.1, 0.15) is 12.1 Å². The van der Waals surface area contributed by atoms with Crippen molar-refractivity contribution >= 4 is 65.7 Å². The summed E-state index contributed by atoms with van der Waals surface area (Å²) in [4.78, 5) is 41.4. The maximum atomic E-state index is 13.8.